The molecule has 12 heteroatoms. The zero-order valence-electron chi connectivity index (χ0n) is 14.9. The number of amides is 1. The lowest BCUT2D eigenvalue weighted by Crippen LogP contribution is -2.45. The summed E-state index contributed by atoms with van der Waals surface area (Å²) in [6.45, 7) is 1.14. The van der Waals surface area contributed by atoms with E-state index in [4.69, 9.17) is 11.6 Å². The molecule has 0 saturated heterocycles. The second kappa shape index (κ2) is 8.15. The van der Waals surface area contributed by atoms with Crippen LogP contribution in [-0.2, 0) is 21.0 Å². The summed E-state index contributed by atoms with van der Waals surface area (Å²) in [5, 5.41) is 1.58. The molecule has 0 heterocycles. The van der Waals surface area contributed by atoms with Crippen LogP contribution in [0, 0.1) is 11.6 Å². The van der Waals surface area contributed by atoms with Gasteiger partial charge in [0.2, 0.25) is 15.9 Å². The molecule has 0 aliphatic rings. The number of halogens is 6. The molecule has 0 bridgehead atoms. The fraction of sp³-hybridized carbons (Fsp3) is 0.235. The van der Waals surface area contributed by atoms with Crippen LogP contribution in [0.25, 0.3) is 0 Å². The Bertz CT molecular complexity index is 1040. The average Bonchev–Trinajstić information content (AvgIpc) is 2.57. The highest BCUT2D eigenvalue weighted by molar-refractivity contribution is 7.92. The number of rotatable bonds is 5. The maximum absolute atomic E-state index is 13.5. The number of anilines is 2. The van der Waals surface area contributed by atoms with Gasteiger partial charge in [0.1, 0.15) is 6.04 Å². The van der Waals surface area contributed by atoms with E-state index in [0.29, 0.717) is 22.5 Å². The summed E-state index contributed by atoms with van der Waals surface area (Å²) < 4.78 is 90.3. The lowest BCUT2D eigenvalue weighted by Gasteiger charge is -2.28. The molecule has 29 heavy (non-hydrogen) atoms. The van der Waals surface area contributed by atoms with Crippen molar-refractivity contribution in [3.05, 3.63) is 58.6 Å². The van der Waals surface area contributed by atoms with Crippen molar-refractivity contribution in [1.82, 2.24) is 0 Å². The highest BCUT2D eigenvalue weighted by atomic mass is 35.5. The molecule has 5 nitrogen and oxygen atoms in total. The number of hydrogen-bond donors (Lipinski definition) is 1. The fourth-order valence-electron chi connectivity index (χ4n) is 2.50. The van der Waals surface area contributed by atoms with Gasteiger partial charge in [0.05, 0.1) is 22.5 Å². The van der Waals surface area contributed by atoms with E-state index in [1.54, 1.807) is 0 Å². The molecule has 0 unspecified atom stereocenters. The molecule has 0 aliphatic carbocycles. The first-order chi connectivity index (χ1) is 13.2. The molecule has 2 aromatic carbocycles. The summed E-state index contributed by atoms with van der Waals surface area (Å²) in [6, 6.07) is 3.34. The largest absolute Gasteiger partial charge is 0.417 e. The monoisotopic (exact) mass is 456 g/mol. The molecule has 2 rings (SSSR count). The number of nitrogens with zero attached hydrogens (tertiary/aromatic N) is 1. The second-order valence-electron chi connectivity index (χ2n) is 6.01. The Morgan fingerprint density at radius 2 is 1.72 bits per heavy atom. The molecular weight excluding hydrogens is 443 g/mol. The standard InChI is InChI=1S/C17H14ClF5N2O3S/c1-9(25(29(2,27)28)11-4-6-14(19)15(20)8-11)16(26)24-10-3-5-13(18)12(7-10)17(21,22)23/h3-9H,1-2H3,(H,24,26)/t9-/m1/s1. The van der Waals surface area contributed by atoms with Gasteiger partial charge in [-0.2, -0.15) is 13.2 Å². The van der Waals surface area contributed by atoms with Gasteiger partial charge in [0.25, 0.3) is 0 Å². The summed E-state index contributed by atoms with van der Waals surface area (Å²) in [5.41, 5.74) is -1.80. The molecule has 2 aromatic rings. The van der Waals surface area contributed by atoms with Crippen molar-refractivity contribution in [3.8, 4) is 0 Å². The van der Waals surface area contributed by atoms with Crippen LogP contribution in [0.4, 0.5) is 33.3 Å². The van der Waals surface area contributed by atoms with Crippen molar-refractivity contribution >= 4 is 38.9 Å². The molecular formula is C17H14ClF5N2O3S. The van der Waals surface area contributed by atoms with Gasteiger partial charge in [-0.1, -0.05) is 11.6 Å². The van der Waals surface area contributed by atoms with Crippen molar-refractivity contribution < 1.29 is 35.2 Å². The van der Waals surface area contributed by atoms with E-state index in [0.717, 1.165) is 31.4 Å². The Morgan fingerprint density at radius 1 is 1.10 bits per heavy atom. The number of alkyl halides is 3. The predicted octanol–water partition coefficient (Wildman–Crippen LogP) is 4.43. The summed E-state index contributed by atoms with van der Waals surface area (Å²) in [5.74, 6) is -3.56. The topological polar surface area (TPSA) is 66.5 Å². The minimum absolute atomic E-state index is 0.280. The normalized spacial score (nSPS) is 13.1. The van der Waals surface area contributed by atoms with Crippen LogP contribution in [0.1, 0.15) is 12.5 Å². The Morgan fingerprint density at radius 3 is 2.24 bits per heavy atom. The lowest BCUT2D eigenvalue weighted by atomic mass is 10.2. The van der Waals surface area contributed by atoms with Gasteiger partial charge < -0.3 is 5.32 Å². The van der Waals surface area contributed by atoms with Gasteiger partial charge in [-0.15, -0.1) is 0 Å². The van der Waals surface area contributed by atoms with Crippen molar-refractivity contribution in [2.75, 3.05) is 15.9 Å². The lowest BCUT2D eigenvalue weighted by molar-refractivity contribution is -0.137. The number of hydrogen-bond acceptors (Lipinski definition) is 3. The van der Waals surface area contributed by atoms with Gasteiger partial charge in [-0.25, -0.2) is 17.2 Å². The van der Waals surface area contributed by atoms with Gasteiger partial charge in [-0.05, 0) is 37.3 Å². The molecule has 0 spiro atoms. The van der Waals surface area contributed by atoms with E-state index in [-0.39, 0.29) is 11.4 Å². The van der Waals surface area contributed by atoms with Crippen LogP contribution in [0.15, 0.2) is 36.4 Å². The van der Waals surface area contributed by atoms with Crippen LogP contribution in [0.3, 0.4) is 0 Å². The first-order valence-corrected chi connectivity index (χ1v) is 10.1. The van der Waals surface area contributed by atoms with E-state index in [1.165, 1.54) is 0 Å². The van der Waals surface area contributed by atoms with E-state index in [9.17, 15) is 35.2 Å². The third kappa shape index (κ3) is 5.36. The minimum Gasteiger partial charge on any atom is -0.324 e. The number of nitrogens with one attached hydrogen (secondary N) is 1. The number of carbonyl (C=O) groups is 1. The minimum atomic E-state index is -4.77. The van der Waals surface area contributed by atoms with Crippen LogP contribution < -0.4 is 9.62 Å². The van der Waals surface area contributed by atoms with Crippen molar-refractivity contribution in [2.45, 2.75) is 19.1 Å². The molecule has 1 N–H and O–H groups in total. The maximum atomic E-state index is 13.5. The van der Waals surface area contributed by atoms with Crippen molar-refractivity contribution in [3.63, 3.8) is 0 Å². The van der Waals surface area contributed by atoms with E-state index in [1.807, 2.05) is 0 Å². The first kappa shape index (κ1) is 22.9. The SMILES string of the molecule is C[C@H](C(=O)Nc1ccc(Cl)c(C(F)(F)F)c1)N(c1ccc(F)c(F)c1)S(C)(=O)=O. The summed E-state index contributed by atoms with van der Waals surface area (Å²) >= 11 is 5.51. The second-order valence-corrected chi connectivity index (χ2v) is 8.28. The quantitative estimate of drug-likeness (QED) is 0.677. The van der Waals surface area contributed by atoms with Crippen LogP contribution >= 0.6 is 11.6 Å². The van der Waals surface area contributed by atoms with Crippen molar-refractivity contribution in [2.24, 2.45) is 0 Å². The average molecular weight is 457 g/mol. The number of sulfonamides is 1. The predicted molar refractivity (Wildman–Crippen MR) is 98.2 cm³/mol. The Balaban J connectivity index is 2.36. The zero-order chi connectivity index (χ0) is 22.1. The molecule has 0 saturated carbocycles. The van der Waals surface area contributed by atoms with E-state index < -0.39 is 50.4 Å². The highest BCUT2D eigenvalue weighted by Gasteiger charge is 2.34. The number of carbonyl (C=O) groups excluding carboxylic acids is 1. The number of benzene rings is 2. The molecule has 0 radical (unpaired) electrons. The molecule has 0 aromatic heterocycles. The maximum Gasteiger partial charge on any atom is 0.417 e. The molecule has 1 atom stereocenters. The smallest absolute Gasteiger partial charge is 0.324 e. The third-order valence-electron chi connectivity index (χ3n) is 3.79. The molecule has 0 fully saturated rings. The zero-order valence-corrected chi connectivity index (χ0v) is 16.5. The Hall–Kier alpha value is -2.40. The molecule has 0 aliphatic heterocycles. The highest BCUT2D eigenvalue weighted by Crippen LogP contribution is 2.36. The van der Waals surface area contributed by atoms with Crippen LogP contribution in [0.2, 0.25) is 5.02 Å². The summed E-state index contributed by atoms with van der Waals surface area (Å²) in [7, 11) is -4.14. The first-order valence-electron chi connectivity index (χ1n) is 7.84. The molecule has 1 amide bonds. The van der Waals surface area contributed by atoms with Crippen LogP contribution in [0.5, 0.6) is 0 Å². The van der Waals surface area contributed by atoms with Crippen LogP contribution in [-0.4, -0.2) is 26.6 Å². The Kier molecular flexibility index (Phi) is 6.43. The Labute approximate surface area is 168 Å². The molecule has 158 valence electrons. The van der Waals surface area contributed by atoms with Gasteiger partial charge >= 0.3 is 6.18 Å². The van der Waals surface area contributed by atoms with E-state index in [2.05, 4.69) is 5.32 Å². The van der Waals surface area contributed by atoms with Gasteiger partial charge in [-0.3, -0.25) is 9.10 Å². The fourth-order valence-corrected chi connectivity index (χ4v) is 3.89. The van der Waals surface area contributed by atoms with E-state index >= 15 is 0 Å². The van der Waals surface area contributed by atoms with Gasteiger partial charge in [0, 0.05) is 11.8 Å². The van der Waals surface area contributed by atoms with Gasteiger partial charge in [0.15, 0.2) is 11.6 Å². The summed E-state index contributed by atoms with van der Waals surface area (Å²) in [6.07, 6.45) is -4.03. The third-order valence-corrected chi connectivity index (χ3v) is 5.36. The van der Waals surface area contributed by atoms with Crippen molar-refractivity contribution in [1.29, 1.82) is 0 Å². The summed E-state index contributed by atoms with van der Waals surface area (Å²) in [4.78, 5) is 12.5.